The van der Waals surface area contributed by atoms with Gasteiger partial charge in [0.2, 0.25) is 0 Å². The van der Waals surface area contributed by atoms with E-state index in [0.29, 0.717) is 9.13 Å². The predicted molar refractivity (Wildman–Crippen MR) is 60.8 cm³/mol. The molecule has 0 bridgehead atoms. The van der Waals surface area contributed by atoms with Crippen molar-refractivity contribution in [1.29, 1.82) is 0 Å². The van der Waals surface area contributed by atoms with Crippen LogP contribution in [0, 0.1) is 13.7 Å². The number of carbonyl (C=O) groups is 1. The van der Waals surface area contributed by atoms with Crippen molar-refractivity contribution < 1.29 is 9.72 Å². The first-order chi connectivity index (χ1) is 6.43. The Morgan fingerprint density at radius 1 is 1.57 bits per heavy atom. The molecule has 0 aliphatic carbocycles. The van der Waals surface area contributed by atoms with Gasteiger partial charge in [0.1, 0.15) is 5.02 Å². The first kappa shape index (κ1) is 11.4. The Labute approximate surface area is 98.5 Å². The van der Waals surface area contributed by atoms with Gasteiger partial charge < -0.3 is 0 Å². The van der Waals surface area contributed by atoms with Crippen molar-refractivity contribution in [3.05, 3.63) is 36.4 Å². The number of nitro groups is 1. The molecule has 0 aliphatic rings. The fourth-order valence-corrected chi connectivity index (χ4v) is 1.70. The highest BCUT2D eigenvalue weighted by atomic mass is 127. The molecule has 0 heterocycles. The van der Waals surface area contributed by atoms with E-state index in [1.807, 2.05) is 22.6 Å². The second-order valence-corrected chi connectivity index (χ2v) is 4.14. The Balaban J connectivity index is 3.43. The number of hydrogen-bond acceptors (Lipinski definition) is 3. The fourth-order valence-electron chi connectivity index (χ4n) is 0.911. The number of halogens is 2. The summed E-state index contributed by atoms with van der Waals surface area (Å²) in [5.41, 5.74) is 0.0641. The molecule has 0 atom stereocenters. The molecule has 14 heavy (non-hydrogen) atoms. The minimum absolute atomic E-state index is 0.0700. The number of ketones is 1. The molecule has 0 saturated carbocycles. The summed E-state index contributed by atoms with van der Waals surface area (Å²) in [5.74, 6) is -0.220. The number of rotatable bonds is 2. The van der Waals surface area contributed by atoms with Crippen LogP contribution in [0.2, 0.25) is 5.02 Å². The molecule has 74 valence electrons. The van der Waals surface area contributed by atoms with Crippen LogP contribution in [-0.2, 0) is 0 Å². The minimum atomic E-state index is -0.600. The average Bonchev–Trinajstić information content (AvgIpc) is 2.08. The van der Waals surface area contributed by atoms with Crippen LogP contribution in [0.1, 0.15) is 17.3 Å². The molecule has 1 aromatic carbocycles. The zero-order chi connectivity index (χ0) is 10.9. The maximum absolute atomic E-state index is 11.0. The Morgan fingerprint density at radius 2 is 2.14 bits per heavy atom. The van der Waals surface area contributed by atoms with Gasteiger partial charge in [-0.05, 0) is 35.6 Å². The van der Waals surface area contributed by atoms with Gasteiger partial charge in [-0.1, -0.05) is 11.6 Å². The van der Waals surface area contributed by atoms with Crippen LogP contribution in [0.15, 0.2) is 12.1 Å². The molecule has 0 spiro atoms. The number of nitro benzene ring substituents is 1. The van der Waals surface area contributed by atoms with E-state index in [-0.39, 0.29) is 16.5 Å². The van der Waals surface area contributed by atoms with Gasteiger partial charge in [0.25, 0.3) is 5.69 Å². The quantitative estimate of drug-likeness (QED) is 0.363. The second-order valence-electron chi connectivity index (χ2n) is 2.60. The van der Waals surface area contributed by atoms with Crippen LogP contribution in [0.25, 0.3) is 0 Å². The summed E-state index contributed by atoms with van der Waals surface area (Å²) >= 11 is 7.56. The normalized spacial score (nSPS) is 9.93. The molecular formula is C8H5ClINO3. The molecule has 6 heteroatoms. The van der Waals surface area contributed by atoms with E-state index >= 15 is 0 Å². The number of Topliss-reactive ketones (excluding diaryl/α,β-unsaturated/α-hetero) is 1. The lowest BCUT2D eigenvalue weighted by atomic mass is 10.1. The van der Waals surface area contributed by atoms with Gasteiger partial charge >= 0.3 is 0 Å². The van der Waals surface area contributed by atoms with Crippen molar-refractivity contribution in [2.45, 2.75) is 6.92 Å². The summed E-state index contributed by atoms with van der Waals surface area (Å²) in [7, 11) is 0. The zero-order valence-corrected chi connectivity index (χ0v) is 10.00. The number of hydrogen-bond donors (Lipinski definition) is 0. The van der Waals surface area contributed by atoms with Gasteiger partial charge in [-0.15, -0.1) is 0 Å². The smallest absolute Gasteiger partial charge is 0.289 e. The Kier molecular flexibility index (Phi) is 3.43. The first-order valence-corrected chi connectivity index (χ1v) is 5.03. The highest BCUT2D eigenvalue weighted by Crippen LogP contribution is 2.30. The molecule has 0 aromatic heterocycles. The third-order valence-electron chi connectivity index (χ3n) is 1.61. The lowest BCUT2D eigenvalue weighted by Crippen LogP contribution is -1.97. The molecule has 0 aliphatic heterocycles. The van der Waals surface area contributed by atoms with E-state index in [2.05, 4.69) is 0 Å². The Bertz CT molecular complexity index is 419. The van der Waals surface area contributed by atoms with E-state index in [4.69, 9.17) is 11.6 Å². The zero-order valence-electron chi connectivity index (χ0n) is 7.08. The van der Waals surface area contributed by atoms with E-state index in [9.17, 15) is 14.9 Å². The fraction of sp³-hybridized carbons (Fsp3) is 0.125. The van der Waals surface area contributed by atoms with Crippen molar-refractivity contribution in [1.82, 2.24) is 0 Å². The molecule has 0 unspecified atom stereocenters. The molecule has 1 aromatic rings. The van der Waals surface area contributed by atoms with Crippen LogP contribution in [-0.4, -0.2) is 10.7 Å². The van der Waals surface area contributed by atoms with Crippen LogP contribution in [0.4, 0.5) is 5.69 Å². The van der Waals surface area contributed by atoms with Crippen molar-refractivity contribution in [2.24, 2.45) is 0 Å². The maximum Gasteiger partial charge on any atom is 0.289 e. The summed E-state index contributed by atoms with van der Waals surface area (Å²) in [6.07, 6.45) is 0. The highest BCUT2D eigenvalue weighted by molar-refractivity contribution is 14.1. The Hall–Kier alpha value is -0.690. The minimum Gasteiger partial charge on any atom is -0.295 e. The van der Waals surface area contributed by atoms with Gasteiger partial charge in [0.05, 0.1) is 4.92 Å². The second kappa shape index (κ2) is 4.22. The molecule has 4 nitrogen and oxygen atoms in total. The molecule has 0 fully saturated rings. The molecule has 0 radical (unpaired) electrons. The SMILES string of the molecule is CC(=O)c1cc(I)c(Cl)c([N+](=O)[O-])c1. The lowest BCUT2D eigenvalue weighted by Gasteiger charge is -2.01. The molecular weight excluding hydrogens is 320 g/mol. The van der Waals surface area contributed by atoms with Crippen molar-refractivity contribution in [3.8, 4) is 0 Å². The third-order valence-corrected chi connectivity index (χ3v) is 3.18. The van der Waals surface area contributed by atoms with Crippen LogP contribution < -0.4 is 0 Å². The predicted octanol–water partition coefficient (Wildman–Crippen LogP) is 3.06. The summed E-state index contributed by atoms with van der Waals surface area (Å²) in [6.45, 7) is 1.35. The average molecular weight is 325 g/mol. The van der Waals surface area contributed by atoms with E-state index in [1.165, 1.54) is 19.1 Å². The summed E-state index contributed by atoms with van der Waals surface area (Å²) in [5, 5.41) is 10.6. The third kappa shape index (κ3) is 2.21. The molecule has 0 saturated heterocycles. The van der Waals surface area contributed by atoms with E-state index in [0.717, 1.165) is 0 Å². The van der Waals surface area contributed by atoms with Crippen LogP contribution >= 0.6 is 34.2 Å². The molecule has 0 amide bonds. The van der Waals surface area contributed by atoms with Gasteiger partial charge in [-0.3, -0.25) is 14.9 Å². The van der Waals surface area contributed by atoms with Gasteiger partial charge in [-0.2, -0.15) is 0 Å². The standard InChI is InChI=1S/C8H5ClINO3/c1-4(12)5-2-6(10)8(9)7(3-5)11(13)14/h2-3H,1H3. The number of benzene rings is 1. The van der Waals surface area contributed by atoms with E-state index in [1.54, 1.807) is 0 Å². The molecule has 1 rings (SSSR count). The number of nitrogens with zero attached hydrogens (tertiary/aromatic N) is 1. The maximum atomic E-state index is 11.0. The summed E-state index contributed by atoms with van der Waals surface area (Å²) < 4.78 is 0.503. The monoisotopic (exact) mass is 325 g/mol. The largest absolute Gasteiger partial charge is 0.295 e. The number of carbonyl (C=O) groups excluding carboxylic acids is 1. The van der Waals surface area contributed by atoms with Gasteiger partial charge in [-0.25, -0.2) is 0 Å². The summed E-state index contributed by atoms with van der Waals surface area (Å²) in [4.78, 5) is 21.0. The topological polar surface area (TPSA) is 60.2 Å². The molecule has 0 N–H and O–H groups in total. The van der Waals surface area contributed by atoms with Crippen molar-refractivity contribution >= 4 is 45.7 Å². The lowest BCUT2D eigenvalue weighted by molar-refractivity contribution is -0.384. The van der Waals surface area contributed by atoms with Crippen LogP contribution in [0.5, 0.6) is 0 Å². The van der Waals surface area contributed by atoms with Crippen LogP contribution in [0.3, 0.4) is 0 Å². The van der Waals surface area contributed by atoms with Crippen molar-refractivity contribution in [2.75, 3.05) is 0 Å². The highest BCUT2D eigenvalue weighted by Gasteiger charge is 2.17. The van der Waals surface area contributed by atoms with Gasteiger partial charge in [0.15, 0.2) is 5.78 Å². The van der Waals surface area contributed by atoms with E-state index < -0.39 is 4.92 Å². The summed E-state index contributed by atoms with van der Waals surface area (Å²) in [6, 6.07) is 2.71. The van der Waals surface area contributed by atoms with Crippen molar-refractivity contribution in [3.63, 3.8) is 0 Å². The Morgan fingerprint density at radius 3 is 2.57 bits per heavy atom. The first-order valence-electron chi connectivity index (χ1n) is 3.58. The van der Waals surface area contributed by atoms with Gasteiger partial charge in [0, 0.05) is 15.2 Å².